The fourth-order valence-electron chi connectivity index (χ4n) is 2.83. The first-order valence-electron chi connectivity index (χ1n) is 7.44. The lowest BCUT2D eigenvalue weighted by Gasteiger charge is -2.26. The molecule has 1 atom stereocenters. The number of aryl methyl sites for hydroxylation is 1. The summed E-state index contributed by atoms with van der Waals surface area (Å²) in [7, 11) is 0. The third kappa shape index (κ3) is 2.18. The summed E-state index contributed by atoms with van der Waals surface area (Å²) in [5.74, 6) is 3.26. The molecule has 1 N–H and O–H groups in total. The van der Waals surface area contributed by atoms with Crippen LogP contribution in [-0.4, -0.2) is 46.1 Å². The molecule has 0 radical (unpaired) electrons. The zero-order valence-electron chi connectivity index (χ0n) is 12.5. The number of anilines is 1. The molecule has 0 spiro atoms. The smallest absolute Gasteiger partial charge is 0.200 e. The van der Waals surface area contributed by atoms with Gasteiger partial charge in [-0.1, -0.05) is 13.8 Å². The Morgan fingerprint density at radius 3 is 3.00 bits per heavy atom. The van der Waals surface area contributed by atoms with E-state index in [1.807, 2.05) is 12.1 Å². The van der Waals surface area contributed by atoms with Crippen LogP contribution >= 0.6 is 0 Å². The molecule has 3 aromatic rings. The van der Waals surface area contributed by atoms with Crippen LogP contribution in [0.2, 0.25) is 0 Å². The van der Waals surface area contributed by atoms with E-state index in [0.717, 1.165) is 36.9 Å². The summed E-state index contributed by atoms with van der Waals surface area (Å²) >= 11 is 0. The van der Waals surface area contributed by atoms with Crippen molar-refractivity contribution in [3.63, 3.8) is 0 Å². The fraction of sp³-hybridized carbons (Fsp3) is 0.538. The highest BCUT2D eigenvalue weighted by molar-refractivity contribution is 5.42. The van der Waals surface area contributed by atoms with E-state index in [-0.39, 0.29) is 0 Å². The quantitative estimate of drug-likeness (QED) is 0.758. The molecule has 4 rings (SSSR count). The molecule has 0 aromatic carbocycles. The Bertz CT molecular complexity index is 803. The molecule has 3 aromatic heterocycles. The van der Waals surface area contributed by atoms with Crippen LogP contribution in [-0.2, 0) is 13.0 Å². The second-order valence-electron chi connectivity index (χ2n) is 5.86. The van der Waals surface area contributed by atoms with Gasteiger partial charge in [0.1, 0.15) is 17.5 Å². The van der Waals surface area contributed by atoms with Crippen LogP contribution in [0.5, 0.6) is 0 Å². The van der Waals surface area contributed by atoms with Crippen LogP contribution in [0.25, 0.3) is 5.65 Å². The zero-order chi connectivity index (χ0) is 15.1. The number of nitrogens with zero attached hydrogens (tertiary/aromatic N) is 8. The molecule has 114 valence electrons. The van der Waals surface area contributed by atoms with Crippen LogP contribution in [0.3, 0.4) is 0 Å². The molecule has 0 bridgehead atoms. The van der Waals surface area contributed by atoms with Gasteiger partial charge in [0.15, 0.2) is 5.65 Å². The van der Waals surface area contributed by atoms with Crippen LogP contribution in [0.4, 0.5) is 5.82 Å². The first-order valence-corrected chi connectivity index (χ1v) is 7.44. The van der Waals surface area contributed by atoms with E-state index in [4.69, 9.17) is 0 Å². The predicted molar refractivity (Wildman–Crippen MR) is 78.4 cm³/mol. The maximum atomic E-state index is 4.36. The van der Waals surface area contributed by atoms with E-state index in [1.54, 1.807) is 0 Å². The van der Waals surface area contributed by atoms with Gasteiger partial charge in [-0.25, -0.2) is 0 Å². The van der Waals surface area contributed by atoms with Gasteiger partial charge in [-0.3, -0.25) is 0 Å². The number of aromatic nitrogens is 8. The first-order chi connectivity index (χ1) is 10.7. The van der Waals surface area contributed by atoms with Crippen molar-refractivity contribution in [2.24, 2.45) is 0 Å². The molecular weight excluding hydrogens is 282 g/mol. The van der Waals surface area contributed by atoms with Crippen LogP contribution in [0.15, 0.2) is 12.1 Å². The molecule has 4 heterocycles. The number of nitrogens with one attached hydrogen (secondary N) is 1. The van der Waals surface area contributed by atoms with Crippen LogP contribution < -0.4 is 5.32 Å². The normalized spacial score (nSPS) is 17.9. The van der Waals surface area contributed by atoms with Crippen molar-refractivity contribution in [1.29, 1.82) is 0 Å². The lowest BCUT2D eigenvalue weighted by atomic mass is 10.1. The van der Waals surface area contributed by atoms with Crippen molar-refractivity contribution in [2.75, 3.05) is 5.32 Å². The van der Waals surface area contributed by atoms with Gasteiger partial charge in [0.05, 0.1) is 0 Å². The Morgan fingerprint density at radius 1 is 1.23 bits per heavy atom. The second-order valence-corrected chi connectivity index (χ2v) is 5.86. The highest BCUT2D eigenvalue weighted by Crippen LogP contribution is 2.21. The van der Waals surface area contributed by atoms with Gasteiger partial charge >= 0.3 is 0 Å². The summed E-state index contributed by atoms with van der Waals surface area (Å²) < 4.78 is 3.65. The summed E-state index contributed by atoms with van der Waals surface area (Å²) in [6.07, 6.45) is 1.93. The number of fused-ring (bicyclic) bond motifs is 2. The van der Waals surface area contributed by atoms with E-state index < -0.39 is 0 Å². The molecule has 1 aliphatic rings. The molecule has 0 saturated heterocycles. The Labute approximate surface area is 126 Å². The monoisotopic (exact) mass is 299 g/mol. The van der Waals surface area contributed by atoms with E-state index >= 15 is 0 Å². The standard InChI is InChI=1S/C13H17N9/c1-8(2)13-17-15-11-5-3-9(7-21(11)13)14-10-4-6-12-16-19-20-22(12)18-10/h4,6,8-9H,3,5,7H2,1-2H3,(H,14,18). The molecule has 9 nitrogen and oxygen atoms in total. The molecule has 1 unspecified atom stereocenters. The molecule has 0 fully saturated rings. The van der Waals surface area contributed by atoms with Crippen molar-refractivity contribution in [3.8, 4) is 0 Å². The van der Waals surface area contributed by atoms with E-state index in [2.05, 4.69) is 54.6 Å². The predicted octanol–water partition coefficient (Wildman–Crippen LogP) is 0.661. The number of hydrogen-bond donors (Lipinski definition) is 1. The Balaban J connectivity index is 1.55. The summed E-state index contributed by atoms with van der Waals surface area (Å²) in [6.45, 7) is 5.13. The van der Waals surface area contributed by atoms with E-state index in [9.17, 15) is 0 Å². The highest BCUT2D eigenvalue weighted by atomic mass is 15.6. The highest BCUT2D eigenvalue weighted by Gasteiger charge is 2.24. The van der Waals surface area contributed by atoms with Crippen molar-refractivity contribution >= 4 is 11.5 Å². The molecule has 0 saturated carbocycles. The third-order valence-electron chi connectivity index (χ3n) is 3.91. The van der Waals surface area contributed by atoms with Crippen molar-refractivity contribution in [3.05, 3.63) is 23.8 Å². The molecule has 0 amide bonds. The van der Waals surface area contributed by atoms with Gasteiger partial charge in [0, 0.05) is 24.9 Å². The topological polar surface area (TPSA) is 98.7 Å². The second kappa shape index (κ2) is 5.00. The average Bonchev–Trinajstić information content (AvgIpc) is 3.12. The largest absolute Gasteiger partial charge is 0.364 e. The van der Waals surface area contributed by atoms with E-state index in [1.165, 1.54) is 4.63 Å². The SMILES string of the molecule is CC(C)c1nnc2n1CC(Nc1ccc3nnnn3n1)CC2. The summed E-state index contributed by atoms with van der Waals surface area (Å²) in [6, 6.07) is 4.04. The lowest BCUT2D eigenvalue weighted by Crippen LogP contribution is -2.32. The maximum Gasteiger partial charge on any atom is 0.200 e. The number of hydrogen-bond acceptors (Lipinski definition) is 7. The first kappa shape index (κ1) is 13.1. The van der Waals surface area contributed by atoms with Gasteiger partial charge in [0.25, 0.3) is 0 Å². The summed E-state index contributed by atoms with van der Waals surface area (Å²) in [5, 5.41) is 27.7. The zero-order valence-corrected chi connectivity index (χ0v) is 12.5. The maximum absolute atomic E-state index is 4.36. The van der Waals surface area contributed by atoms with Gasteiger partial charge in [-0.15, -0.1) is 25.0 Å². The van der Waals surface area contributed by atoms with E-state index in [0.29, 0.717) is 17.6 Å². The van der Waals surface area contributed by atoms with Gasteiger partial charge < -0.3 is 9.88 Å². The fourth-order valence-corrected chi connectivity index (χ4v) is 2.83. The molecule has 22 heavy (non-hydrogen) atoms. The Morgan fingerprint density at radius 2 is 2.14 bits per heavy atom. The summed E-state index contributed by atoms with van der Waals surface area (Å²) in [5.41, 5.74) is 0.636. The van der Waals surface area contributed by atoms with Crippen molar-refractivity contribution < 1.29 is 0 Å². The van der Waals surface area contributed by atoms with Crippen molar-refractivity contribution in [2.45, 2.75) is 45.2 Å². The Hall–Kier alpha value is -2.58. The lowest BCUT2D eigenvalue weighted by molar-refractivity contribution is 0.458. The number of rotatable bonds is 3. The minimum Gasteiger partial charge on any atom is -0.364 e. The van der Waals surface area contributed by atoms with Gasteiger partial charge in [0.2, 0.25) is 0 Å². The van der Waals surface area contributed by atoms with Crippen molar-refractivity contribution in [1.82, 2.24) is 40.0 Å². The summed E-state index contributed by atoms with van der Waals surface area (Å²) in [4.78, 5) is 0. The molecular formula is C13H17N9. The third-order valence-corrected chi connectivity index (χ3v) is 3.91. The average molecular weight is 299 g/mol. The molecule has 0 aliphatic carbocycles. The molecule has 1 aliphatic heterocycles. The van der Waals surface area contributed by atoms with Gasteiger partial charge in [-0.2, -0.15) is 0 Å². The van der Waals surface area contributed by atoms with Crippen LogP contribution in [0, 0.1) is 0 Å². The van der Waals surface area contributed by atoms with Crippen LogP contribution in [0.1, 0.15) is 37.8 Å². The minimum absolute atomic E-state index is 0.294. The number of tetrazole rings is 1. The minimum atomic E-state index is 0.294. The van der Waals surface area contributed by atoms with Gasteiger partial charge in [-0.05, 0) is 29.0 Å². The molecule has 9 heteroatoms. The Kier molecular flexibility index (Phi) is 2.98.